The van der Waals surface area contributed by atoms with Crippen LogP contribution >= 0.6 is 11.6 Å². The van der Waals surface area contributed by atoms with Crippen LogP contribution in [0.25, 0.3) is 10.8 Å². The predicted molar refractivity (Wildman–Crippen MR) is 90.7 cm³/mol. The van der Waals surface area contributed by atoms with Gasteiger partial charge >= 0.3 is 0 Å². The smallest absolute Gasteiger partial charge is 0.0412 e. The third-order valence-corrected chi connectivity index (χ3v) is 4.61. The van der Waals surface area contributed by atoms with Gasteiger partial charge in [-0.1, -0.05) is 82.3 Å². The van der Waals surface area contributed by atoms with Gasteiger partial charge in [-0.05, 0) is 40.3 Å². The maximum absolute atomic E-state index is 6.05. The summed E-state index contributed by atoms with van der Waals surface area (Å²) in [6.07, 6.45) is 5.21. The van der Waals surface area contributed by atoms with Gasteiger partial charge in [0.2, 0.25) is 0 Å². The van der Waals surface area contributed by atoms with Crippen molar-refractivity contribution in [2.75, 3.05) is 0 Å². The predicted octanol–water partition coefficient (Wildman–Crippen LogP) is 6.81. The minimum Gasteiger partial charge on any atom is -0.0843 e. The molecule has 0 saturated heterocycles. The highest BCUT2D eigenvalue weighted by atomic mass is 35.5. The molecule has 0 heterocycles. The van der Waals surface area contributed by atoms with Crippen molar-refractivity contribution in [2.24, 2.45) is 5.92 Å². The van der Waals surface area contributed by atoms with Crippen LogP contribution in [0, 0.1) is 5.92 Å². The van der Waals surface area contributed by atoms with Gasteiger partial charge in [-0.15, -0.1) is 0 Å². The van der Waals surface area contributed by atoms with E-state index in [-0.39, 0.29) is 0 Å². The molecule has 0 N–H and O–H groups in total. The van der Waals surface area contributed by atoms with Crippen LogP contribution in [-0.4, -0.2) is 0 Å². The van der Waals surface area contributed by atoms with Gasteiger partial charge < -0.3 is 0 Å². The van der Waals surface area contributed by atoms with Gasteiger partial charge in [0.25, 0.3) is 0 Å². The van der Waals surface area contributed by atoms with E-state index in [4.69, 9.17) is 11.6 Å². The van der Waals surface area contributed by atoms with Gasteiger partial charge in [-0.3, -0.25) is 0 Å². The lowest BCUT2D eigenvalue weighted by Crippen LogP contribution is -2.10. The molecular formula is C19H25Cl. The number of hydrogen-bond acceptors (Lipinski definition) is 0. The SMILES string of the molecule is CCCC(CCC)C(C)c1ccc2cc(Cl)ccc2c1. The van der Waals surface area contributed by atoms with E-state index in [1.807, 2.05) is 12.1 Å². The van der Waals surface area contributed by atoms with E-state index in [2.05, 4.69) is 45.0 Å². The molecule has 1 atom stereocenters. The van der Waals surface area contributed by atoms with Crippen molar-refractivity contribution >= 4 is 22.4 Å². The Labute approximate surface area is 128 Å². The van der Waals surface area contributed by atoms with Crippen LogP contribution in [0.3, 0.4) is 0 Å². The van der Waals surface area contributed by atoms with Crippen LogP contribution in [0.2, 0.25) is 5.02 Å². The molecular weight excluding hydrogens is 264 g/mol. The number of rotatable bonds is 6. The second kappa shape index (κ2) is 7.13. The van der Waals surface area contributed by atoms with Crippen LogP contribution in [0.15, 0.2) is 36.4 Å². The van der Waals surface area contributed by atoms with Gasteiger partial charge in [0.05, 0.1) is 0 Å². The molecule has 1 unspecified atom stereocenters. The number of fused-ring (bicyclic) bond motifs is 1. The highest BCUT2D eigenvalue weighted by Crippen LogP contribution is 2.33. The summed E-state index contributed by atoms with van der Waals surface area (Å²) in [5.41, 5.74) is 1.46. The quantitative estimate of drug-likeness (QED) is 0.547. The molecule has 0 aliphatic carbocycles. The highest BCUT2D eigenvalue weighted by Gasteiger charge is 2.17. The summed E-state index contributed by atoms with van der Waals surface area (Å²) < 4.78 is 0. The van der Waals surface area contributed by atoms with Gasteiger partial charge in [-0.25, -0.2) is 0 Å². The van der Waals surface area contributed by atoms with Crippen LogP contribution < -0.4 is 0 Å². The molecule has 0 amide bonds. The normalized spacial score (nSPS) is 13.1. The minimum absolute atomic E-state index is 0.634. The third-order valence-electron chi connectivity index (χ3n) is 4.38. The molecule has 0 bridgehead atoms. The molecule has 108 valence electrons. The first kappa shape index (κ1) is 15.4. The summed E-state index contributed by atoms with van der Waals surface area (Å²) in [5.74, 6) is 1.43. The van der Waals surface area contributed by atoms with Crippen LogP contribution in [0.1, 0.15) is 57.9 Å². The summed E-state index contributed by atoms with van der Waals surface area (Å²) in [6.45, 7) is 6.96. The second-order valence-corrected chi connectivity index (χ2v) is 6.31. The van der Waals surface area contributed by atoms with Gasteiger partial charge in [0, 0.05) is 5.02 Å². The lowest BCUT2D eigenvalue weighted by atomic mass is 9.81. The Morgan fingerprint density at radius 3 is 2.15 bits per heavy atom. The average Bonchev–Trinajstić information content (AvgIpc) is 2.45. The Kier molecular flexibility index (Phi) is 5.48. The minimum atomic E-state index is 0.634. The summed E-state index contributed by atoms with van der Waals surface area (Å²) in [6, 6.07) is 13.0. The van der Waals surface area contributed by atoms with Gasteiger partial charge in [0.1, 0.15) is 0 Å². The second-order valence-electron chi connectivity index (χ2n) is 5.88. The lowest BCUT2D eigenvalue weighted by Gasteiger charge is -2.24. The monoisotopic (exact) mass is 288 g/mol. The van der Waals surface area contributed by atoms with Crippen LogP contribution in [0.5, 0.6) is 0 Å². The Morgan fingerprint density at radius 1 is 0.900 bits per heavy atom. The summed E-state index contributed by atoms with van der Waals surface area (Å²) in [5, 5.41) is 3.34. The molecule has 1 heteroatoms. The van der Waals surface area contributed by atoms with Crippen molar-refractivity contribution < 1.29 is 0 Å². The Bertz CT molecular complexity index is 553. The largest absolute Gasteiger partial charge is 0.0843 e. The molecule has 2 rings (SSSR count). The number of hydrogen-bond donors (Lipinski definition) is 0. The fraction of sp³-hybridized carbons (Fsp3) is 0.474. The topological polar surface area (TPSA) is 0 Å². The molecule has 0 spiro atoms. The average molecular weight is 289 g/mol. The molecule has 2 aromatic rings. The zero-order chi connectivity index (χ0) is 14.5. The molecule has 0 fully saturated rings. The van der Waals surface area contributed by atoms with E-state index in [0.29, 0.717) is 5.92 Å². The standard InChI is InChI=1S/C19H25Cl/c1-4-6-15(7-5-2)14(3)16-8-9-18-13-19(20)11-10-17(18)12-16/h8-15H,4-7H2,1-3H3. The molecule has 0 radical (unpaired) electrons. The van der Waals surface area contributed by atoms with Crippen molar-refractivity contribution in [3.63, 3.8) is 0 Å². The molecule has 0 aliphatic heterocycles. The Hall–Kier alpha value is -1.01. The van der Waals surface area contributed by atoms with Crippen molar-refractivity contribution in [3.8, 4) is 0 Å². The van der Waals surface area contributed by atoms with E-state index in [1.54, 1.807) is 0 Å². The zero-order valence-corrected chi connectivity index (χ0v) is 13.6. The van der Waals surface area contributed by atoms with Crippen molar-refractivity contribution in [3.05, 3.63) is 47.0 Å². The van der Waals surface area contributed by atoms with E-state index in [9.17, 15) is 0 Å². The molecule has 0 aromatic heterocycles. The van der Waals surface area contributed by atoms with Crippen LogP contribution in [-0.2, 0) is 0 Å². The van der Waals surface area contributed by atoms with Crippen molar-refractivity contribution in [1.29, 1.82) is 0 Å². The zero-order valence-electron chi connectivity index (χ0n) is 12.8. The lowest BCUT2D eigenvalue weighted by molar-refractivity contribution is 0.380. The highest BCUT2D eigenvalue weighted by molar-refractivity contribution is 6.31. The van der Waals surface area contributed by atoms with E-state index in [1.165, 1.54) is 42.0 Å². The van der Waals surface area contributed by atoms with E-state index in [0.717, 1.165) is 10.9 Å². The van der Waals surface area contributed by atoms with Crippen LogP contribution in [0.4, 0.5) is 0 Å². The molecule has 0 aliphatic rings. The van der Waals surface area contributed by atoms with Crippen molar-refractivity contribution in [2.45, 2.75) is 52.4 Å². The first-order chi connectivity index (χ1) is 9.65. The maximum Gasteiger partial charge on any atom is 0.0412 e. The fourth-order valence-corrected chi connectivity index (χ4v) is 3.36. The first-order valence-corrected chi connectivity index (χ1v) is 8.22. The summed E-state index contributed by atoms with van der Waals surface area (Å²) >= 11 is 6.05. The Balaban J connectivity index is 2.28. The molecule has 0 saturated carbocycles. The fourth-order valence-electron chi connectivity index (χ4n) is 3.18. The number of halogens is 1. The van der Waals surface area contributed by atoms with Crippen molar-refractivity contribution in [1.82, 2.24) is 0 Å². The number of benzene rings is 2. The summed E-state index contributed by atoms with van der Waals surface area (Å²) in [4.78, 5) is 0. The first-order valence-electron chi connectivity index (χ1n) is 7.85. The Morgan fingerprint density at radius 2 is 1.50 bits per heavy atom. The van der Waals surface area contributed by atoms with E-state index >= 15 is 0 Å². The molecule has 2 aromatic carbocycles. The van der Waals surface area contributed by atoms with E-state index < -0.39 is 0 Å². The molecule has 0 nitrogen and oxygen atoms in total. The van der Waals surface area contributed by atoms with Gasteiger partial charge in [-0.2, -0.15) is 0 Å². The maximum atomic E-state index is 6.05. The third kappa shape index (κ3) is 3.55. The van der Waals surface area contributed by atoms with Gasteiger partial charge in [0.15, 0.2) is 0 Å². The molecule has 20 heavy (non-hydrogen) atoms. The summed E-state index contributed by atoms with van der Waals surface area (Å²) in [7, 11) is 0.